The summed E-state index contributed by atoms with van der Waals surface area (Å²) in [5.74, 6) is 0.411. The van der Waals surface area contributed by atoms with Gasteiger partial charge in [-0.25, -0.2) is 19.6 Å². The van der Waals surface area contributed by atoms with Gasteiger partial charge in [-0.2, -0.15) is 15.4 Å². The average Bonchev–Trinajstić information content (AvgIpc) is 2.88. The molecule has 1 fully saturated rings. The molecule has 11 nitrogen and oxygen atoms in total. The zero-order valence-electron chi connectivity index (χ0n) is 25.0. The van der Waals surface area contributed by atoms with Crippen molar-refractivity contribution < 1.29 is 19.1 Å². The van der Waals surface area contributed by atoms with E-state index in [4.69, 9.17) is 44.3 Å². The van der Waals surface area contributed by atoms with Crippen molar-refractivity contribution in [2.24, 2.45) is 5.10 Å². The highest BCUT2D eigenvalue weighted by atomic mass is 35.5. The van der Waals surface area contributed by atoms with Crippen LogP contribution in [-0.2, 0) is 9.47 Å². The number of anilines is 2. The molecule has 0 N–H and O–H groups in total. The van der Waals surface area contributed by atoms with Crippen molar-refractivity contribution in [3.8, 4) is 6.07 Å². The molecule has 2 aromatic rings. The fraction of sp³-hybridized carbons (Fsp3) is 0.500. The number of aromatic nitrogens is 2. The number of nitrogens with zero attached hydrogens (tertiary/aromatic N) is 7. The summed E-state index contributed by atoms with van der Waals surface area (Å²) < 4.78 is 11.1. The van der Waals surface area contributed by atoms with Crippen LogP contribution < -0.4 is 9.91 Å². The van der Waals surface area contributed by atoms with Crippen LogP contribution in [-0.4, -0.2) is 76.4 Å². The molecule has 15 heteroatoms. The van der Waals surface area contributed by atoms with Gasteiger partial charge in [0.25, 0.3) is 0 Å². The van der Waals surface area contributed by atoms with Crippen molar-refractivity contribution in [3.05, 3.63) is 39.0 Å². The number of para-hydroxylation sites is 1. The minimum atomic E-state index is -0.839. The Bertz CT molecular complexity index is 1400. The van der Waals surface area contributed by atoms with E-state index in [0.717, 1.165) is 5.01 Å². The number of benzene rings is 1. The molecule has 0 spiro atoms. The second kappa shape index (κ2) is 14.2. The largest absolute Gasteiger partial charge is 0.444 e. The summed E-state index contributed by atoms with van der Waals surface area (Å²) >= 11 is 20.8. The van der Waals surface area contributed by atoms with E-state index in [2.05, 4.69) is 21.1 Å². The van der Waals surface area contributed by atoms with Gasteiger partial charge in [-0.3, -0.25) is 0 Å². The third-order valence-corrected chi connectivity index (χ3v) is 7.24. The first-order chi connectivity index (χ1) is 20.0. The quantitative estimate of drug-likeness (QED) is 0.103. The van der Waals surface area contributed by atoms with Crippen LogP contribution in [0, 0.1) is 11.3 Å². The fourth-order valence-electron chi connectivity index (χ4n) is 4.05. The van der Waals surface area contributed by atoms with Crippen LogP contribution in [0.5, 0.6) is 0 Å². The minimum absolute atomic E-state index is 0.0742. The van der Waals surface area contributed by atoms with E-state index in [1.807, 2.05) is 11.2 Å². The number of carbonyl (C=O) groups is 2. The van der Waals surface area contributed by atoms with Crippen molar-refractivity contribution in [1.29, 1.82) is 5.26 Å². The van der Waals surface area contributed by atoms with E-state index in [1.165, 1.54) is 18.0 Å². The van der Waals surface area contributed by atoms with Gasteiger partial charge < -0.3 is 19.3 Å². The van der Waals surface area contributed by atoms with Crippen LogP contribution in [0.4, 0.5) is 21.1 Å². The molecule has 0 saturated carbocycles. The first-order valence-electron chi connectivity index (χ1n) is 13.3. The number of carbonyl (C=O) groups excluding carboxylic acids is 2. The van der Waals surface area contributed by atoms with E-state index < -0.39 is 29.4 Å². The fourth-order valence-corrected chi connectivity index (χ4v) is 5.23. The minimum Gasteiger partial charge on any atom is -0.444 e. The van der Waals surface area contributed by atoms with Crippen molar-refractivity contribution in [2.75, 3.05) is 35.8 Å². The summed E-state index contributed by atoms with van der Waals surface area (Å²) in [4.78, 5) is 38.7. The molecular formula is C28H34Cl3N7O4S. The molecule has 0 bridgehead atoms. The molecule has 2 heterocycles. The number of halogens is 3. The maximum Gasteiger partial charge on any atom is 0.435 e. The molecule has 1 aromatic carbocycles. The molecule has 1 aliphatic heterocycles. The number of ether oxygens (including phenoxy) is 2. The summed E-state index contributed by atoms with van der Waals surface area (Å²) in [5, 5.41) is 15.7. The Labute approximate surface area is 271 Å². The predicted molar refractivity (Wildman–Crippen MR) is 171 cm³/mol. The third-order valence-electron chi connectivity index (χ3n) is 5.80. The highest BCUT2D eigenvalue weighted by Gasteiger charge is 2.35. The predicted octanol–water partition coefficient (Wildman–Crippen LogP) is 7.27. The Kier molecular flexibility index (Phi) is 11.4. The Balaban J connectivity index is 2.06. The van der Waals surface area contributed by atoms with Gasteiger partial charge in [0.1, 0.15) is 27.9 Å². The second-order valence-electron chi connectivity index (χ2n) is 11.5. The number of piperazine rings is 1. The Morgan fingerprint density at radius 1 is 1.12 bits per heavy atom. The average molecular weight is 671 g/mol. The molecule has 1 unspecified atom stereocenters. The Morgan fingerprint density at radius 3 is 2.30 bits per heavy atom. The molecule has 1 saturated heterocycles. The number of rotatable bonds is 6. The van der Waals surface area contributed by atoms with E-state index in [1.54, 1.807) is 64.6 Å². The number of amides is 2. The van der Waals surface area contributed by atoms with Gasteiger partial charge in [-0.15, -0.1) is 0 Å². The normalized spacial score (nSPS) is 15.8. The van der Waals surface area contributed by atoms with E-state index in [9.17, 15) is 14.9 Å². The van der Waals surface area contributed by atoms with Gasteiger partial charge >= 0.3 is 12.2 Å². The summed E-state index contributed by atoms with van der Waals surface area (Å²) in [5.41, 5.74) is -1.10. The molecule has 1 aliphatic rings. The molecule has 43 heavy (non-hydrogen) atoms. The molecule has 0 radical (unpaired) electrons. The van der Waals surface area contributed by atoms with Crippen LogP contribution in [0.2, 0.25) is 15.2 Å². The smallest absolute Gasteiger partial charge is 0.435 e. The Morgan fingerprint density at radius 2 is 1.74 bits per heavy atom. The Hall–Kier alpha value is -2.98. The number of hydrogen-bond acceptors (Lipinski definition) is 10. The first kappa shape index (κ1) is 34.5. The second-order valence-corrected chi connectivity index (χ2v) is 13.4. The summed E-state index contributed by atoms with van der Waals surface area (Å²) in [6, 6.07) is 6.46. The van der Waals surface area contributed by atoms with Crippen LogP contribution in [0.3, 0.4) is 0 Å². The van der Waals surface area contributed by atoms with E-state index in [-0.39, 0.29) is 40.4 Å². The van der Waals surface area contributed by atoms with Crippen molar-refractivity contribution in [3.63, 3.8) is 0 Å². The maximum absolute atomic E-state index is 13.3. The summed E-state index contributed by atoms with van der Waals surface area (Å²) in [6.07, 6.45) is 1.91. The number of hydrogen-bond donors (Lipinski definition) is 0. The van der Waals surface area contributed by atoms with Gasteiger partial charge in [0, 0.05) is 19.6 Å². The summed E-state index contributed by atoms with van der Waals surface area (Å²) in [6.45, 7) is 11.4. The summed E-state index contributed by atoms with van der Waals surface area (Å²) in [7, 11) is 0. The lowest BCUT2D eigenvalue weighted by Crippen LogP contribution is -2.56. The van der Waals surface area contributed by atoms with Crippen LogP contribution in [0.25, 0.3) is 0 Å². The standard InChI is InChI=1S/C28H34Cl3N7O4S/c1-27(2,3)41-25(39)37-14-13-36(16-17(37)11-12-32)23-18(22(31)34-24(35-23)43-7)15-33-38(26(40)42-28(4,5)6)21-19(29)9-8-10-20(21)30/h8-10,15,17H,11,13-14,16H2,1-7H3/b33-15+. The SMILES string of the molecule is CSc1nc(Cl)c(/C=N/N(C(=O)OC(C)(C)C)c2c(Cl)cccc2Cl)c(N2CCN(C(=O)OC(C)(C)C)C(CC#N)C2)n1. The van der Waals surface area contributed by atoms with Gasteiger partial charge in [0.15, 0.2) is 5.16 Å². The van der Waals surface area contributed by atoms with Crippen LogP contribution in [0.1, 0.15) is 53.5 Å². The lowest BCUT2D eigenvalue weighted by atomic mass is 10.1. The molecule has 1 atom stereocenters. The van der Waals surface area contributed by atoms with Gasteiger partial charge in [0.2, 0.25) is 0 Å². The zero-order chi connectivity index (χ0) is 32.1. The van der Waals surface area contributed by atoms with Gasteiger partial charge in [-0.1, -0.05) is 52.6 Å². The van der Waals surface area contributed by atoms with Crippen LogP contribution in [0.15, 0.2) is 28.5 Å². The molecular weight excluding hydrogens is 637 g/mol. The number of hydrazone groups is 1. The highest BCUT2D eigenvalue weighted by Crippen LogP contribution is 2.35. The number of nitriles is 1. The van der Waals surface area contributed by atoms with Gasteiger partial charge in [0.05, 0.1) is 40.4 Å². The highest BCUT2D eigenvalue weighted by molar-refractivity contribution is 7.98. The molecule has 1 aromatic heterocycles. The maximum atomic E-state index is 13.3. The van der Waals surface area contributed by atoms with Crippen molar-refractivity contribution >= 4 is 76.5 Å². The lowest BCUT2D eigenvalue weighted by molar-refractivity contribution is 0.0144. The molecule has 0 aliphatic carbocycles. The van der Waals surface area contributed by atoms with E-state index in [0.29, 0.717) is 23.1 Å². The van der Waals surface area contributed by atoms with Crippen LogP contribution >= 0.6 is 46.6 Å². The lowest BCUT2D eigenvalue weighted by Gasteiger charge is -2.41. The van der Waals surface area contributed by atoms with Gasteiger partial charge in [-0.05, 0) is 59.9 Å². The molecule has 2 amide bonds. The third kappa shape index (κ3) is 9.25. The molecule has 232 valence electrons. The zero-order valence-corrected chi connectivity index (χ0v) is 28.1. The number of thioether (sulfide) groups is 1. The van der Waals surface area contributed by atoms with E-state index >= 15 is 0 Å². The topological polar surface area (TPSA) is 124 Å². The van der Waals surface area contributed by atoms with Crippen molar-refractivity contribution in [2.45, 2.75) is 70.4 Å². The first-order valence-corrected chi connectivity index (χ1v) is 15.6. The van der Waals surface area contributed by atoms with Crippen molar-refractivity contribution in [1.82, 2.24) is 14.9 Å². The molecule has 3 rings (SSSR count). The monoisotopic (exact) mass is 669 g/mol.